The first-order chi connectivity index (χ1) is 12.2. The number of amides is 1. The average Bonchev–Trinajstić information content (AvgIpc) is 3.07. The second kappa shape index (κ2) is 7.83. The van der Waals surface area contributed by atoms with Gasteiger partial charge < -0.3 is 15.0 Å². The van der Waals surface area contributed by atoms with Crippen LogP contribution in [0.4, 0.5) is 0 Å². The predicted molar refractivity (Wildman–Crippen MR) is 98.6 cm³/mol. The fourth-order valence-electron chi connectivity index (χ4n) is 2.71. The number of aromatic amines is 1. The zero-order chi connectivity index (χ0) is 17.6. The molecule has 0 aliphatic carbocycles. The lowest BCUT2D eigenvalue weighted by Crippen LogP contribution is -2.29. The van der Waals surface area contributed by atoms with E-state index in [1.807, 2.05) is 42.5 Å². The van der Waals surface area contributed by atoms with E-state index in [1.165, 1.54) is 0 Å². The van der Waals surface area contributed by atoms with Crippen LogP contribution >= 0.6 is 0 Å². The van der Waals surface area contributed by atoms with Crippen molar-refractivity contribution in [1.29, 1.82) is 0 Å². The summed E-state index contributed by atoms with van der Waals surface area (Å²) < 4.78 is 5.73. The van der Waals surface area contributed by atoms with Gasteiger partial charge in [-0.3, -0.25) is 4.79 Å². The lowest BCUT2D eigenvalue weighted by atomic mass is 9.98. The zero-order valence-corrected chi connectivity index (χ0v) is 14.6. The number of fused-ring (bicyclic) bond motifs is 1. The Morgan fingerprint density at radius 1 is 1.20 bits per heavy atom. The van der Waals surface area contributed by atoms with Crippen LogP contribution in [0.2, 0.25) is 0 Å². The summed E-state index contributed by atoms with van der Waals surface area (Å²) in [5.74, 6) is 1.74. The number of carbonyl (C=O) groups is 1. The van der Waals surface area contributed by atoms with Gasteiger partial charge in [0.1, 0.15) is 11.6 Å². The van der Waals surface area contributed by atoms with E-state index in [-0.39, 0.29) is 12.5 Å². The van der Waals surface area contributed by atoms with Crippen molar-refractivity contribution in [3.8, 4) is 5.75 Å². The van der Waals surface area contributed by atoms with Crippen molar-refractivity contribution < 1.29 is 9.53 Å². The minimum Gasteiger partial charge on any atom is -0.483 e. The Labute approximate surface area is 147 Å². The molecule has 3 aromatic rings. The first kappa shape index (κ1) is 17.0. The Balaban J connectivity index is 1.55. The maximum absolute atomic E-state index is 12.1. The standard InChI is InChI=1S/C20H23N3O2/c1-3-14(2)15-8-4-7-11-18(15)25-13-20(24)21-12-19-22-16-9-5-6-10-17(16)23-19/h4-11,14H,3,12-13H2,1-2H3,(H,21,24)(H,22,23). The summed E-state index contributed by atoms with van der Waals surface area (Å²) in [6, 6.07) is 15.7. The Bertz CT molecular complexity index is 824. The van der Waals surface area contributed by atoms with Crippen LogP contribution in [0.1, 0.15) is 37.6 Å². The summed E-state index contributed by atoms with van der Waals surface area (Å²) in [4.78, 5) is 19.7. The average molecular weight is 337 g/mol. The number of hydrogen-bond acceptors (Lipinski definition) is 3. The normalized spacial score (nSPS) is 12.1. The molecule has 1 atom stereocenters. The highest BCUT2D eigenvalue weighted by atomic mass is 16.5. The van der Waals surface area contributed by atoms with Gasteiger partial charge in [0.25, 0.3) is 5.91 Å². The van der Waals surface area contributed by atoms with Gasteiger partial charge in [0.2, 0.25) is 0 Å². The summed E-state index contributed by atoms with van der Waals surface area (Å²) in [5.41, 5.74) is 2.99. The molecule has 1 heterocycles. The van der Waals surface area contributed by atoms with Crippen molar-refractivity contribution in [2.45, 2.75) is 32.7 Å². The molecule has 0 saturated carbocycles. The maximum Gasteiger partial charge on any atom is 0.258 e. The van der Waals surface area contributed by atoms with E-state index < -0.39 is 0 Å². The highest BCUT2D eigenvalue weighted by Crippen LogP contribution is 2.28. The molecule has 3 rings (SSSR count). The number of hydrogen-bond donors (Lipinski definition) is 2. The Morgan fingerprint density at radius 2 is 1.96 bits per heavy atom. The number of H-pyrrole nitrogens is 1. The molecular formula is C20H23N3O2. The molecule has 1 aromatic heterocycles. The molecule has 0 bridgehead atoms. The smallest absolute Gasteiger partial charge is 0.258 e. The zero-order valence-electron chi connectivity index (χ0n) is 14.6. The molecule has 0 saturated heterocycles. The molecule has 2 aromatic carbocycles. The fraction of sp³-hybridized carbons (Fsp3) is 0.300. The van der Waals surface area contributed by atoms with E-state index in [9.17, 15) is 4.79 Å². The van der Waals surface area contributed by atoms with Crippen LogP contribution in [0.3, 0.4) is 0 Å². The molecule has 130 valence electrons. The number of carbonyl (C=O) groups excluding carboxylic acids is 1. The van der Waals surface area contributed by atoms with Crippen LogP contribution in [-0.4, -0.2) is 22.5 Å². The van der Waals surface area contributed by atoms with Crippen LogP contribution in [0, 0.1) is 0 Å². The maximum atomic E-state index is 12.1. The molecule has 0 aliphatic heterocycles. The minimum absolute atomic E-state index is 0.00627. The van der Waals surface area contributed by atoms with Crippen molar-refractivity contribution in [1.82, 2.24) is 15.3 Å². The Morgan fingerprint density at radius 3 is 2.76 bits per heavy atom. The van der Waals surface area contributed by atoms with E-state index in [4.69, 9.17) is 4.74 Å². The van der Waals surface area contributed by atoms with Crippen LogP contribution in [0.25, 0.3) is 11.0 Å². The lowest BCUT2D eigenvalue weighted by Gasteiger charge is -2.15. The summed E-state index contributed by atoms with van der Waals surface area (Å²) in [6.45, 7) is 4.64. The van der Waals surface area contributed by atoms with Gasteiger partial charge in [-0.1, -0.05) is 44.2 Å². The van der Waals surface area contributed by atoms with Gasteiger partial charge in [-0.05, 0) is 36.1 Å². The number of nitrogens with zero attached hydrogens (tertiary/aromatic N) is 1. The number of ether oxygens (including phenoxy) is 1. The van der Waals surface area contributed by atoms with E-state index >= 15 is 0 Å². The fourth-order valence-corrected chi connectivity index (χ4v) is 2.71. The van der Waals surface area contributed by atoms with Gasteiger partial charge in [-0.2, -0.15) is 0 Å². The second-order valence-corrected chi connectivity index (χ2v) is 6.11. The Hall–Kier alpha value is -2.82. The highest BCUT2D eigenvalue weighted by molar-refractivity contribution is 5.78. The monoisotopic (exact) mass is 337 g/mol. The number of benzene rings is 2. The number of nitrogens with one attached hydrogen (secondary N) is 2. The molecule has 1 amide bonds. The molecule has 2 N–H and O–H groups in total. The molecule has 0 spiro atoms. The van der Waals surface area contributed by atoms with Crippen LogP contribution in [0.15, 0.2) is 48.5 Å². The summed E-state index contributed by atoms with van der Waals surface area (Å²) in [6.07, 6.45) is 1.03. The van der Waals surface area contributed by atoms with Crippen molar-refractivity contribution in [2.75, 3.05) is 6.61 Å². The second-order valence-electron chi connectivity index (χ2n) is 6.11. The lowest BCUT2D eigenvalue weighted by molar-refractivity contribution is -0.123. The van der Waals surface area contributed by atoms with Gasteiger partial charge >= 0.3 is 0 Å². The molecule has 0 aliphatic rings. The van der Waals surface area contributed by atoms with Crippen LogP contribution in [-0.2, 0) is 11.3 Å². The first-order valence-electron chi connectivity index (χ1n) is 8.59. The molecule has 0 radical (unpaired) electrons. The number of imidazole rings is 1. The number of rotatable bonds is 7. The molecular weight excluding hydrogens is 314 g/mol. The van der Waals surface area contributed by atoms with Crippen molar-refractivity contribution in [3.05, 3.63) is 59.9 Å². The third-order valence-corrected chi connectivity index (χ3v) is 4.31. The molecule has 1 unspecified atom stereocenters. The van der Waals surface area contributed by atoms with Crippen molar-refractivity contribution in [3.63, 3.8) is 0 Å². The van der Waals surface area contributed by atoms with Crippen LogP contribution in [0.5, 0.6) is 5.75 Å². The summed E-state index contributed by atoms with van der Waals surface area (Å²) >= 11 is 0. The summed E-state index contributed by atoms with van der Waals surface area (Å²) in [7, 11) is 0. The third-order valence-electron chi connectivity index (χ3n) is 4.31. The van der Waals surface area contributed by atoms with E-state index in [0.29, 0.717) is 12.5 Å². The largest absolute Gasteiger partial charge is 0.483 e. The first-order valence-corrected chi connectivity index (χ1v) is 8.59. The van der Waals surface area contributed by atoms with E-state index in [0.717, 1.165) is 34.6 Å². The molecule has 0 fully saturated rings. The topological polar surface area (TPSA) is 67.0 Å². The van der Waals surface area contributed by atoms with Gasteiger partial charge in [-0.25, -0.2) is 4.98 Å². The number of aromatic nitrogens is 2. The van der Waals surface area contributed by atoms with Crippen molar-refractivity contribution >= 4 is 16.9 Å². The van der Waals surface area contributed by atoms with Gasteiger partial charge in [-0.15, -0.1) is 0 Å². The SMILES string of the molecule is CCC(C)c1ccccc1OCC(=O)NCc1nc2ccccc2[nH]1. The van der Waals surface area contributed by atoms with E-state index in [2.05, 4.69) is 35.2 Å². The highest BCUT2D eigenvalue weighted by Gasteiger charge is 2.11. The Kier molecular flexibility index (Phi) is 5.33. The van der Waals surface area contributed by atoms with Gasteiger partial charge in [0.15, 0.2) is 6.61 Å². The van der Waals surface area contributed by atoms with Crippen molar-refractivity contribution in [2.24, 2.45) is 0 Å². The van der Waals surface area contributed by atoms with Gasteiger partial charge in [0.05, 0.1) is 17.6 Å². The number of para-hydroxylation sites is 3. The van der Waals surface area contributed by atoms with Gasteiger partial charge in [0, 0.05) is 0 Å². The molecule has 25 heavy (non-hydrogen) atoms. The summed E-state index contributed by atoms with van der Waals surface area (Å²) in [5, 5.41) is 2.84. The minimum atomic E-state index is -0.167. The third kappa shape index (κ3) is 4.18. The molecule has 5 nitrogen and oxygen atoms in total. The molecule has 5 heteroatoms. The van der Waals surface area contributed by atoms with Crippen LogP contribution < -0.4 is 10.1 Å². The quantitative estimate of drug-likeness (QED) is 0.689. The predicted octanol–water partition coefficient (Wildman–Crippen LogP) is 3.77. The van der Waals surface area contributed by atoms with E-state index in [1.54, 1.807) is 0 Å².